The van der Waals surface area contributed by atoms with Crippen molar-refractivity contribution in [1.82, 2.24) is 9.55 Å². The van der Waals surface area contributed by atoms with E-state index in [0.29, 0.717) is 0 Å². The predicted octanol–water partition coefficient (Wildman–Crippen LogP) is 3.20. The smallest absolute Gasteiger partial charge is 0.361 e. The summed E-state index contributed by atoms with van der Waals surface area (Å²) < 4.78 is 20.5. The van der Waals surface area contributed by atoms with Gasteiger partial charge >= 0.3 is 5.97 Å². The van der Waals surface area contributed by atoms with Gasteiger partial charge in [0, 0.05) is 0 Å². The molecule has 1 aromatic heterocycles. The molecule has 0 saturated heterocycles. The maximum atomic E-state index is 13.9. The summed E-state index contributed by atoms with van der Waals surface area (Å²) >= 11 is 0. The van der Waals surface area contributed by atoms with Crippen molar-refractivity contribution in [2.75, 3.05) is 0 Å². The number of terminal acetylenes is 1. The molecule has 5 heteroatoms. The molecule has 1 heterocycles. The van der Waals surface area contributed by atoms with E-state index in [1.165, 1.54) is 10.9 Å². The first-order valence-electron chi connectivity index (χ1n) is 6.84. The zero-order valence-corrected chi connectivity index (χ0v) is 12.7. The van der Waals surface area contributed by atoms with Gasteiger partial charge < -0.3 is 9.30 Å². The summed E-state index contributed by atoms with van der Waals surface area (Å²) in [4.78, 5) is 15.8. The average molecular weight is 300 g/mol. The van der Waals surface area contributed by atoms with Crippen molar-refractivity contribution < 1.29 is 13.9 Å². The highest BCUT2D eigenvalue weighted by atomic mass is 19.1. The largest absolute Gasteiger partial charge is 0.442 e. The highest BCUT2D eigenvalue weighted by Gasteiger charge is 2.28. The number of esters is 1. The van der Waals surface area contributed by atoms with E-state index in [0.717, 1.165) is 5.56 Å². The Kier molecular flexibility index (Phi) is 4.32. The fraction of sp³-hybridized carbons (Fsp3) is 0.294. The number of rotatable bonds is 4. The molecule has 4 nitrogen and oxygen atoms in total. The van der Waals surface area contributed by atoms with E-state index in [4.69, 9.17) is 11.2 Å². The van der Waals surface area contributed by atoms with Crippen LogP contribution in [0.15, 0.2) is 36.7 Å². The lowest BCUT2D eigenvalue weighted by Crippen LogP contribution is -2.28. The molecule has 0 bridgehead atoms. The Labute approximate surface area is 128 Å². The van der Waals surface area contributed by atoms with E-state index in [9.17, 15) is 9.18 Å². The maximum absolute atomic E-state index is 13.9. The minimum absolute atomic E-state index is 0.236. The van der Waals surface area contributed by atoms with Crippen molar-refractivity contribution in [3.05, 3.63) is 53.9 Å². The van der Waals surface area contributed by atoms with Crippen LogP contribution in [0.4, 0.5) is 4.39 Å². The van der Waals surface area contributed by atoms with Gasteiger partial charge in [0.05, 0.1) is 12.4 Å². The van der Waals surface area contributed by atoms with Crippen molar-refractivity contribution in [2.24, 2.45) is 0 Å². The number of halogens is 1. The van der Waals surface area contributed by atoms with E-state index < -0.39 is 17.5 Å². The molecule has 2 rings (SSSR count). The van der Waals surface area contributed by atoms with Crippen LogP contribution in [-0.4, -0.2) is 21.1 Å². The van der Waals surface area contributed by atoms with Gasteiger partial charge in [0.15, 0.2) is 11.3 Å². The van der Waals surface area contributed by atoms with E-state index in [1.807, 2.05) is 37.3 Å². The van der Waals surface area contributed by atoms with Gasteiger partial charge in [-0.05, 0) is 26.3 Å². The van der Waals surface area contributed by atoms with E-state index in [1.54, 1.807) is 13.8 Å². The second-order valence-electron chi connectivity index (χ2n) is 5.42. The standard InChI is InChI=1S/C17H17FN2O2/c1-5-17(3,4)22-16(21)14-15(18)19-11-20(14)12(2)13-9-7-6-8-10-13/h1,6-12H,2-4H3/t12-/m1/s1. The number of imidazole rings is 1. The Morgan fingerprint density at radius 2 is 2.05 bits per heavy atom. The number of ether oxygens (including phenoxy) is 1. The van der Waals surface area contributed by atoms with Crippen LogP contribution < -0.4 is 0 Å². The Morgan fingerprint density at radius 1 is 1.41 bits per heavy atom. The molecule has 0 spiro atoms. The number of nitrogens with zero attached hydrogens (tertiary/aromatic N) is 2. The van der Waals surface area contributed by atoms with Gasteiger partial charge in [-0.3, -0.25) is 0 Å². The summed E-state index contributed by atoms with van der Waals surface area (Å²) in [6.07, 6.45) is 6.58. The number of carbonyl (C=O) groups is 1. The first-order chi connectivity index (χ1) is 10.4. The van der Waals surface area contributed by atoms with Gasteiger partial charge in [-0.25, -0.2) is 9.78 Å². The second kappa shape index (κ2) is 6.02. The average Bonchev–Trinajstić information content (AvgIpc) is 2.89. The quantitative estimate of drug-likeness (QED) is 0.643. The molecule has 0 unspecified atom stereocenters. The lowest BCUT2D eigenvalue weighted by Gasteiger charge is -2.21. The topological polar surface area (TPSA) is 44.1 Å². The van der Waals surface area contributed by atoms with Crippen LogP contribution in [0.1, 0.15) is 42.9 Å². The third-order valence-electron chi connectivity index (χ3n) is 3.34. The third kappa shape index (κ3) is 3.17. The molecule has 22 heavy (non-hydrogen) atoms. The van der Waals surface area contributed by atoms with Crippen LogP contribution in [-0.2, 0) is 4.74 Å². The molecular formula is C17H17FN2O2. The summed E-state index contributed by atoms with van der Waals surface area (Å²) in [5.41, 5.74) is -0.431. The van der Waals surface area contributed by atoms with Crippen molar-refractivity contribution in [3.8, 4) is 12.3 Å². The van der Waals surface area contributed by atoms with E-state index >= 15 is 0 Å². The zero-order chi connectivity index (χ0) is 16.3. The number of benzene rings is 1. The fourth-order valence-electron chi connectivity index (χ4n) is 2.02. The molecule has 0 aliphatic heterocycles. The molecule has 0 amide bonds. The number of hydrogen-bond acceptors (Lipinski definition) is 3. The van der Waals surface area contributed by atoms with Gasteiger partial charge in [-0.15, -0.1) is 6.42 Å². The molecule has 0 N–H and O–H groups in total. The molecule has 0 aliphatic carbocycles. The molecule has 2 aromatic rings. The monoisotopic (exact) mass is 300 g/mol. The van der Waals surface area contributed by atoms with Crippen LogP contribution in [0, 0.1) is 18.3 Å². The Hall–Kier alpha value is -2.61. The molecule has 1 aromatic carbocycles. The number of aromatic nitrogens is 2. The zero-order valence-electron chi connectivity index (χ0n) is 12.7. The highest BCUT2D eigenvalue weighted by molar-refractivity contribution is 5.88. The van der Waals surface area contributed by atoms with Crippen LogP contribution in [0.3, 0.4) is 0 Å². The van der Waals surface area contributed by atoms with E-state index in [2.05, 4.69) is 10.9 Å². The summed E-state index contributed by atoms with van der Waals surface area (Å²) in [6, 6.07) is 9.15. The molecule has 0 radical (unpaired) electrons. The minimum atomic E-state index is -1.12. The van der Waals surface area contributed by atoms with Crippen LogP contribution in [0.25, 0.3) is 0 Å². The molecule has 0 aliphatic rings. The van der Waals surface area contributed by atoms with Gasteiger partial charge in [0.25, 0.3) is 0 Å². The van der Waals surface area contributed by atoms with Crippen molar-refractivity contribution in [1.29, 1.82) is 0 Å². The molecular weight excluding hydrogens is 283 g/mol. The van der Waals surface area contributed by atoms with Crippen LogP contribution >= 0.6 is 0 Å². The SMILES string of the molecule is C#CC(C)(C)OC(=O)c1c(F)ncn1[C@H](C)c1ccccc1. The van der Waals surface area contributed by atoms with Crippen molar-refractivity contribution in [3.63, 3.8) is 0 Å². The van der Waals surface area contributed by atoms with Gasteiger partial charge in [-0.2, -0.15) is 4.39 Å². The van der Waals surface area contributed by atoms with Gasteiger partial charge in [0.2, 0.25) is 5.95 Å². The Balaban J connectivity index is 2.37. The Bertz CT molecular complexity index is 714. The van der Waals surface area contributed by atoms with E-state index in [-0.39, 0.29) is 11.7 Å². The summed E-state index contributed by atoms with van der Waals surface area (Å²) in [5.74, 6) is 0.632. The normalized spacial score (nSPS) is 12.5. The van der Waals surface area contributed by atoms with Crippen LogP contribution in [0.5, 0.6) is 0 Å². The fourth-order valence-corrected chi connectivity index (χ4v) is 2.02. The summed E-state index contributed by atoms with van der Waals surface area (Å²) in [5, 5.41) is 0. The van der Waals surface area contributed by atoms with Crippen LogP contribution in [0.2, 0.25) is 0 Å². The van der Waals surface area contributed by atoms with Gasteiger partial charge in [0.1, 0.15) is 0 Å². The minimum Gasteiger partial charge on any atom is -0.442 e. The maximum Gasteiger partial charge on any atom is 0.361 e. The predicted molar refractivity (Wildman–Crippen MR) is 80.8 cm³/mol. The van der Waals surface area contributed by atoms with Gasteiger partial charge in [-0.1, -0.05) is 36.3 Å². The number of hydrogen-bond donors (Lipinski definition) is 0. The van der Waals surface area contributed by atoms with Crippen molar-refractivity contribution in [2.45, 2.75) is 32.4 Å². The molecule has 0 saturated carbocycles. The number of carbonyl (C=O) groups excluding carboxylic acids is 1. The Morgan fingerprint density at radius 3 is 2.64 bits per heavy atom. The second-order valence-corrected chi connectivity index (χ2v) is 5.42. The lowest BCUT2D eigenvalue weighted by molar-refractivity contribution is 0.0185. The molecule has 0 fully saturated rings. The molecule has 1 atom stereocenters. The van der Waals surface area contributed by atoms with Crippen molar-refractivity contribution >= 4 is 5.97 Å². The summed E-state index contributed by atoms with van der Waals surface area (Å²) in [6.45, 7) is 4.97. The first-order valence-corrected chi connectivity index (χ1v) is 6.84. The third-order valence-corrected chi connectivity index (χ3v) is 3.34. The first kappa shape index (κ1) is 15.8. The summed E-state index contributed by atoms with van der Waals surface area (Å²) in [7, 11) is 0. The molecule has 114 valence electrons. The lowest BCUT2D eigenvalue weighted by atomic mass is 10.1. The highest BCUT2D eigenvalue weighted by Crippen LogP contribution is 2.22.